The maximum atomic E-state index is 6.39. The molecular weight excluding hydrogens is 402 g/mol. The van der Waals surface area contributed by atoms with Crippen molar-refractivity contribution in [3.63, 3.8) is 0 Å². The lowest BCUT2D eigenvalue weighted by Gasteiger charge is -2.33. The van der Waals surface area contributed by atoms with Gasteiger partial charge in [0, 0.05) is 10.6 Å². The zero-order chi connectivity index (χ0) is 20.2. The Morgan fingerprint density at radius 2 is 2.03 bits per heavy atom. The van der Waals surface area contributed by atoms with Crippen LogP contribution in [0.2, 0.25) is 0 Å². The fourth-order valence-corrected chi connectivity index (χ4v) is 6.33. The molecular formula is C22H25N3O2S2. The minimum Gasteiger partial charge on any atom is -0.454 e. The van der Waals surface area contributed by atoms with E-state index >= 15 is 0 Å². The predicted molar refractivity (Wildman–Crippen MR) is 119 cm³/mol. The third kappa shape index (κ3) is 3.55. The van der Waals surface area contributed by atoms with E-state index in [1.807, 2.05) is 12.1 Å². The van der Waals surface area contributed by atoms with Crippen molar-refractivity contribution in [1.82, 2.24) is 9.97 Å². The summed E-state index contributed by atoms with van der Waals surface area (Å²) < 4.78 is 10.8. The first-order chi connectivity index (χ1) is 13.9. The summed E-state index contributed by atoms with van der Waals surface area (Å²) in [5.41, 5.74) is 9.26. The quantitative estimate of drug-likeness (QED) is 0.443. The first kappa shape index (κ1) is 19.0. The van der Waals surface area contributed by atoms with Gasteiger partial charge in [-0.3, -0.25) is 0 Å². The molecule has 5 rings (SSSR count). The van der Waals surface area contributed by atoms with Crippen molar-refractivity contribution in [3.8, 4) is 11.5 Å². The normalized spacial score (nSPS) is 18.2. The summed E-state index contributed by atoms with van der Waals surface area (Å²) in [4.78, 5) is 11.9. The first-order valence-electron chi connectivity index (χ1n) is 9.97. The molecule has 0 amide bonds. The summed E-state index contributed by atoms with van der Waals surface area (Å²) in [6.07, 6.45) is 3.41. The summed E-state index contributed by atoms with van der Waals surface area (Å²) in [5, 5.41) is 1.82. The number of aryl methyl sites for hydroxylation is 1. The van der Waals surface area contributed by atoms with Gasteiger partial charge in [0.25, 0.3) is 0 Å². The molecule has 0 bridgehead atoms. The van der Waals surface area contributed by atoms with Gasteiger partial charge in [-0.1, -0.05) is 38.6 Å². The Hall–Kier alpha value is -1.99. The number of nitrogens with zero attached hydrogens (tertiary/aromatic N) is 2. The summed E-state index contributed by atoms with van der Waals surface area (Å²) >= 11 is 3.41. The molecule has 29 heavy (non-hydrogen) atoms. The second-order valence-electron chi connectivity index (χ2n) is 8.86. The smallest absolute Gasteiger partial charge is 0.231 e. The fraction of sp³-hybridized carbons (Fsp3) is 0.455. The lowest BCUT2D eigenvalue weighted by atomic mass is 9.72. The number of hydrogen-bond donors (Lipinski definition) is 1. The Kier molecular flexibility index (Phi) is 4.62. The van der Waals surface area contributed by atoms with Gasteiger partial charge >= 0.3 is 0 Å². The van der Waals surface area contributed by atoms with Gasteiger partial charge in [-0.2, -0.15) is 0 Å². The summed E-state index contributed by atoms with van der Waals surface area (Å²) in [6.45, 7) is 7.32. The lowest BCUT2D eigenvalue weighted by molar-refractivity contribution is 0.174. The summed E-state index contributed by atoms with van der Waals surface area (Å²) in [5.74, 6) is 3.70. The van der Waals surface area contributed by atoms with Gasteiger partial charge in [-0.15, -0.1) is 11.3 Å². The van der Waals surface area contributed by atoms with E-state index in [9.17, 15) is 0 Å². The van der Waals surface area contributed by atoms with E-state index in [0.29, 0.717) is 23.9 Å². The zero-order valence-corrected chi connectivity index (χ0v) is 18.6. The number of thiophene rings is 1. The van der Waals surface area contributed by atoms with Crippen molar-refractivity contribution >= 4 is 39.1 Å². The molecule has 1 aliphatic carbocycles. The molecule has 1 aliphatic heterocycles. The van der Waals surface area contributed by atoms with Crippen molar-refractivity contribution < 1.29 is 9.47 Å². The van der Waals surface area contributed by atoms with Crippen LogP contribution < -0.4 is 15.2 Å². The van der Waals surface area contributed by atoms with Crippen LogP contribution in [0.3, 0.4) is 0 Å². The van der Waals surface area contributed by atoms with Gasteiger partial charge in [-0.05, 0) is 53.9 Å². The Balaban J connectivity index is 1.39. The van der Waals surface area contributed by atoms with E-state index < -0.39 is 0 Å². The number of hydrogen-bond acceptors (Lipinski definition) is 7. The molecule has 0 saturated heterocycles. The van der Waals surface area contributed by atoms with Crippen molar-refractivity contribution in [2.45, 2.75) is 50.9 Å². The number of benzene rings is 1. The fourth-order valence-electron chi connectivity index (χ4n) is 4.17. The van der Waals surface area contributed by atoms with Gasteiger partial charge in [0.2, 0.25) is 6.79 Å². The minimum atomic E-state index is 0.293. The molecule has 1 aromatic carbocycles. The molecule has 2 aromatic heterocycles. The van der Waals surface area contributed by atoms with Crippen LogP contribution in [0.25, 0.3) is 10.2 Å². The third-order valence-electron chi connectivity index (χ3n) is 5.95. The Bertz CT molecular complexity index is 1090. The third-order valence-corrected chi connectivity index (χ3v) is 8.01. The number of anilines is 1. The Morgan fingerprint density at radius 3 is 2.86 bits per heavy atom. The molecule has 0 spiro atoms. The molecule has 0 saturated carbocycles. The van der Waals surface area contributed by atoms with Crippen molar-refractivity contribution in [1.29, 1.82) is 0 Å². The van der Waals surface area contributed by atoms with Gasteiger partial charge in [0.1, 0.15) is 10.6 Å². The van der Waals surface area contributed by atoms with Crippen LogP contribution in [0, 0.1) is 11.3 Å². The number of fused-ring (bicyclic) bond motifs is 4. The van der Waals surface area contributed by atoms with Crippen LogP contribution in [0.5, 0.6) is 11.5 Å². The number of rotatable bonds is 3. The van der Waals surface area contributed by atoms with Crippen molar-refractivity contribution in [2.75, 3.05) is 12.5 Å². The molecule has 2 aliphatic rings. The lowest BCUT2D eigenvalue weighted by Crippen LogP contribution is -2.26. The second-order valence-corrected chi connectivity index (χ2v) is 10.9. The van der Waals surface area contributed by atoms with Crippen LogP contribution in [0.15, 0.2) is 23.4 Å². The zero-order valence-electron chi connectivity index (χ0n) is 16.9. The minimum absolute atomic E-state index is 0.293. The van der Waals surface area contributed by atoms with E-state index in [4.69, 9.17) is 20.2 Å². The largest absolute Gasteiger partial charge is 0.454 e. The molecule has 2 N–H and O–H groups in total. The maximum Gasteiger partial charge on any atom is 0.231 e. The molecule has 0 fully saturated rings. The van der Waals surface area contributed by atoms with E-state index in [2.05, 4.69) is 31.8 Å². The van der Waals surface area contributed by atoms with Gasteiger partial charge in [-0.25, -0.2) is 9.97 Å². The highest BCUT2D eigenvalue weighted by Crippen LogP contribution is 2.44. The van der Waals surface area contributed by atoms with Crippen molar-refractivity contribution in [3.05, 3.63) is 34.2 Å². The van der Waals surface area contributed by atoms with Gasteiger partial charge < -0.3 is 15.2 Å². The van der Waals surface area contributed by atoms with Gasteiger partial charge in [0.05, 0.1) is 5.39 Å². The van der Waals surface area contributed by atoms with Crippen LogP contribution in [0.4, 0.5) is 5.82 Å². The van der Waals surface area contributed by atoms with E-state index in [1.165, 1.54) is 16.9 Å². The molecule has 5 nitrogen and oxygen atoms in total. The number of thioether (sulfide) groups is 1. The van der Waals surface area contributed by atoms with Crippen LogP contribution in [0.1, 0.15) is 43.2 Å². The molecule has 0 radical (unpaired) electrons. The predicted octanol–water partition coefficient (Wildman–Crippen LogP) is 5.45. The highest BCUT2D eigenvalue weighted by atomic mass is 32.2. The number of nitrogen functional groups attached to an aromatic ring is 1. The number of nitrogens with two attached hydrogens (primary N) is 1. The molecule has 1 unspecified atom stereocenters. The van der Waals surface area contributed by atoms with Crippen molar-refractivity contribution in [2.24, 2.45) is 11.3 Å². The molecule has 3 heterocycles. The first-order valence-corrected chi connectivity index (χ1v) is 11.8. The van der Waals surface area contributed by atoms with Crippen LogP contribution in [-0.2, 0) is 18.6 Å². The van der Waals surface area contributed by atoms with E-state index in [1.54, 1.807) is 23.1 Å². The average molecular weight is 428 g/mol. The SMILES string of the molecule is CC(C)(C)C1CCc2c(sc3nc(SCc4ccc5c(c4)OCO5)nc(N)c23)C1. The monoisotopic (exact) mass is 427 g/mol. The van der Waals surface area contributed by atoms with E-state index in [0.717, 1.165) is 51.0 Å². The second kappa shape index (κ2) is 7.06. The van der Waals surface area contributed by atoms with E-state index in [-0.39, 0.29) is 0 Å². The molecule has 3 aromatic rings. The summed E-state index contributed by atoms with van der Waals surface area (Å²) in [7, 11) is 0. The Labute approximate surface area is 179 Å². The van der Waals surface area contributed by atoms with Gasteiger partial charge in [0.15, 0.2) is 16.7 Å². The number of ether oxygens (including phenoxy) is 2. The van der Waals surface area contributed by atoms with Crippen LogP contribution >= 0.6 is 23.1 Å². The topological polar surface area (TPSA) is 70.3 Å². The highest BCUT2D eigenvalue weighted by Gasteiger charge is 2.31. The molecule has 1 atom stereocenters. The molecule has 7 heteroatoms. The molecule has 152 valence electrons. The number of aromatic nitrogens is 2. The Morgan fingerprint density at radius 1 is 1.21 bits per heavy atom. The van der Waals surface area contributed by atoms with Crippen LogP contribution in [-0.4, -0.2) is 16.8 Å². The standard InChI is InChI=1S/C22H25N3O2S2/c1-22(2,3)13-5-6-14-17(9-13)29-20-18(14)19(23)24-21(25-20)28-10-12-4-7-15-16(8-12)27-11-26-15/h4,7-8,13H,5-6,9-11H2,1-3H3,(H2,23,24,25). The highest BCUT2D eigenvalue weighted by molar-refractivity contribution is 7.98. The average Bonchev–Trinajstić information content (AvgIpc) is 3.28. The maximum absolute atomic E-state index is 6.39. The summed E-state index contributed by atoms with van der Waals surface area (Å²) in [6, 6.07) is 6.03.